The summed E-state index contributed by atoms with van der Waals surface area (Å²) in [7, 11) is 0. The molecule has 0 heterocycles. The predicted octanol–water partition coefficient (Wildman–Crippen LogP) is 4.53. The van der Waals surface area contributed by atoms with Crippen LogP contribution in [0.2, 0.25) is 0 Å². The molecular formula is C18H23N. The molecule has 0 bridgehead atoms. The van der Waals surface area contributed by atoms with Crippen LogP contribution in [-0.2, 0) is 0 Å². The molecule has 0 aromatic heterocycles. The Bertz CT molecular complexity index is 476. The molecular weight excluding hydrogens is 230 g/mol. The fourth-order valence-corrected chi connectivity index (χ4v) is 2.50. The maximum absolute atomic E-state index is 3.69. The average molecular weight is 253 g/mol. The van der Waals surface area contributed by atoms with Gasteiger partial charge in [-0.25, -0.2) is 0 Å². The Hall–Kier alpha value is -1.60. The highest BCUT2D eigenvalue weighted by molar-refractivity contribution is 5.27. The normalized spacial score (nSPS) is 14.3. The van der Waals surface area contributed by atoms with Crippen LogP contribution >= 0.6 is 0 Å². The second-order valence-electron chi connectivity index (χ2n) is 5.41. The highest BCUT2D eigenvalue weighted by Gasteiger charge is 2.20. The zero-order valence-corrected chi connectivity index (χ0v) is 12.0. The fourth-order valence-electron chi connectivity index (χ4n) is 2.50. The molecule has 0 aliphatic heterocycles. The van der Waals surface area contributed by atoms with Crippen molar-refractivity contribution in [2.24, 2.45) is 0 Å². The molecule has 0 spiro atoms. The first-order chi connectivity index (χ1) is 9.18. The van der Waals surface area contributed by atoms with Gasteiger partial charge in [-0.1, -0.05) is 81.4 Å². The number of hydrogen-bond donors (Lipinski definition) is 1. The first-order valence-corrected chi connectivity index (χ1v) is 7.04. The zero-order chi connectivity index (χ0) is 13.7. The molecule has 0 saturated heterocycles. The molecule has 0 aliphatic rings. The van der Waals surface area contributed by atoms with E-state index in [1.807, 2.05) is 0 Å². The summed E-state index contributed by atoms with van der Waals surface area (Å²) in [6.45, 7) is 6.70. The summed E-state index contributed by atoms with van der Waals surface area (Å²) in [6, 6.07) is 22.3. The minimum Gasteiger partial charge on any atom is -0.307 e. The Labute approximate surface area is 116 Å². The fraction of sp³-hybridized carbons (Fsp3) is 0.333. The van der Waals surface area contributed by atoms with Crippen molar-refractivity contribution in [1.29, 1.82) is 0 Å². The summed E-state index contributed by atoms with van der Waals surface area (Å²) >= 11 is 0. The van der Waals surface area contributed by atoms with Crippen LogP contribution in [-0.4, -0.2) is 6.04 Å². The molecule has 2 atom stereocenters. The average Bonchev–Trinajstić information content (AvgIpc) is 2.46. The Morgan fingerprint density at radius 3 is 1.63 bits per heavy atom. The van der Waals surface area contributed by atoms with Gasteiger partial charge in [-0.2, -0.15) is 0 Å². The molecule has 0 aliphatic carbocycles. The molecule has 0 saturated carbocycles. The maximum Gasteiger partial charge on any atom is 0.0388 e. The quantitative estimate of drug-likeness (QED) is 0.825. The van der Waals surface area contributed by atoms with Gasteiger partial charge in [0.15, 0.2) is 0 Å². The van der Waals surface area contributed by atoms with Crippen LogP contribution in [0.1, 0.15) is 43.9 Å². The van der Waals surface area contributed by atoms with Gasteiger partial charge in [0, 0.05) is 18.0 Å². The van der Waals surface area contributed by atoms with Crippen LogP contribution in [0.25, 0.3) is 0 Å². The van der Waals surface area contributed by atoms with E-state index < -0.39 is 0 Å². The second kappa shape index (κ2) is 6.53. The lowest BCUT2D eigenvalue weighted by Gasteiger charge is -2.28. The lowest BCUT2D eigenvalue weighted by molar-refractivity contribution is 0.425. The Kier molecular flexibility index (Phi) is 4.75. The molecule has 1 heteroatoms. The van der Waals surface area contributed by atoms with E-state index >= 15 is 0 Å². The second-order valence-corrected chi connectivity index (χ2v) is 5.41. The summed E-state index contributed by atoms with van der Waals surface area (Å²) in [6.07, 6.45) is 0. The van der Waals surface area contributed by atoms with Gasteiger partial charge in [0.05, 0.1) is 0 Å². The van der Waals surface area contributed by atoms with Crippen LogP contribution in [0.15, 0.2) is 60.7 Å². The van der Waals surface area contributed by atoms with Crippen molar-refractivity contribution in [2.45, 2.75) is 38.8 Å². The van der Waals surface area contributed by atoms with E-state index in [2.05, 4.69) is 86.8 Å². The first-order valence-electron chi connectivity index (χ1n) is 7.04. The Morgan fingerprint density at radius 1 is 0.684 bits per heavy atom. The largest absolute Gasteiger partial charge is 0.307 e. The third kappa shape index (κ3) is 3.68. The van der Waals surface area contributed by atoms with Crippen molar-refractivity contribution >= 4 is 0 Å². The molecule has 1 nitrogen and oxygen atoms in total. The smallest absolute Gasteiger partial charge is 0.0388 e. The Balaban J connectivity index is 2.28. The molecule has 100 valence electrons. The summed E-state index contributed by atoms with van der Waals surface area (Å²) in [4.78, 5) is 0. The number of hydrogen-bond acceptors (Lipinski definition) is 1. The first kappa shape index (κ1) is 13.8. The maximum atomic E-state index is 3.69. The number of benzene rings is 2. The number of nitrogens with one attached hydrogen (secondary N) is 1. The minimum absolute atomic E-state index is 0.351. The van der Waals surface area contributed by atoms with Gasteiger partial charge in [0.2, 0.25) is 0 Å². The van der Waals surface area contributed by atoms with Gasteiger partial charge in [0.25, 0.3) is 0 Å². The van der Waals surface area contributed by atoms with Gasteiger partial charge >= 0.3 is 0 Å². The van der Waals surface area contributed by atoms with E-state index in [0.29, 0.717) is 18.0 Å². The van der Waals surface area contributed by atoms with E-state index in [4.69, 9.17) is 0 Å². The molecule has 1 N–H and O–H groups in total. The van der Waals surface area contributed by atoms with Crippen molar-refractivity contribution in [2.75, 3.05) is 0 Å². The lowest BCUT2D eigenvalue weighted by Crippen LogP contribution is -2.31. The van der Waals surface area contributed by atoms with Crippen LogP contribution in [0.5, 0.6) is 0 Å². The van der Waals surface area contributed by atoms with Gasteiger partial charge in [-0.3, -0.25) is 0 Å². The standard InChI is InChI=1S/C18H23N/c1-14(2)19-18(17-12-8-5-9-13-17)15(3)16-10-6-4-7-11-16/h4-15,18-19H,1-3H3/t15-,18-/m0/s1. The van der Waals surface area contributed by atoms with E-state index in [1.54, 1.807) is 0 Å². The molecule has 19 heavy (non-hydrogen) atoms. The van der Waals surface area contributed by atoms with Crippen LogP contribution < -0.4 is 5.32 Å². The van der Waals surface area contributed by atoms with Crippen molar-refractivity contribution < 1.29 is 0 Å². The highest BCUT2D eigenvalue weighted by atomic mass is 14.9. The van der Waals surface area contributed by atoms with Gasteiger partial charge in [-0.05, 0) is 11.1 Å². The van der Waals surface area contributed by atoms with Crippen molar-refractivity contribution in [3.8, 4) is 0 Å². The van der Waals surface area contributed by atoms with Crippen molar-refractivity contribution in [1.82, 2.24) is 5.32 Å². The topological polar surface area (TPSA) is 12.0 Å². The van der Waals surface area contributed by atoms with E-state index in [-0.39, 0.29) is 0 Å². The third-order valence-electron chi connectivity index (χ3n) is 3.50. The Morgan fingerprint density at radius 2 is 1.16 bits per heavy atom. The van der Waals surface area contributed by atoms with Crippen LogP contribution in [0, 0.1) is 0 Å². The summed E-state index contributed by atoms with van der Waals surface area (Å²) in [5.74, 6) is 0.450. The third-order valence-corrected chi connectivity index (χ3v) is 3.50. The van der Waals surface area contributed by atoms with E-state index in [1.165, 1.54) is 11.1 Å². The van der Waals surface area contributed by atoms with Crippen LogP contribution in [0.4, 0.5) is 0 Å². The lowest BCUT2D eigenvalue weighted by atomic mass is 9.88. The molecule has 0 fully saturated rings. The molecule has 2 aromatic rings. The molecule has 2 aromatic carbocycles. The van der Waals surface area contributed by atoms with Gasteiger partial charge in [-0.15, -0.1) is 0 Å². The van der Waals surface area contributed by atoms with Crippen molar-refractivity contribution in [3.05, 3.63) is 71.8 Å². The minimum atomic E-state index is 0.351. The van der Waals surface area contributed by atoms with E-state index in [9.17, 15) is 0 Å². The van der Waals surface area contributed by atoms with E-state index in [0.717, 1.165) is 0 Å². The predicted molar refractivity (Wildman–Crippen MR) is 82.3 cm³/mol. The SMILES string of the molecule is CC(C)N[C@H](c1ccccc1)[C@@H](C)c1ccccc1. The number of rotatable bonds is 5. The molecule has 0 radical (unpaired) electrons. The summed E-state index contributed by atoms with van der Waals surface area (Å²) in [5.41, 5.74) is 2.73. The zero-order valence-electron chi connectivity index (χ0n) is 12.0. The van der Waals surface area contributed by atoms with Crippen molar-refractivity contribution in [3.63, 3.8) is 0 Å². The highest BCUT2D eigenvalue weighted by Crippen LogP contribution is 2.30. The molecule has 2 rings (SSSR count). The van der Waals surface area contributed by atoms with Gasteiger partial charge < -0.3 is 5.32 Å². The molecule has 0 amide bonds. The monoisotopic (exact) mass is 253 g/mol. The molecule has 0 unspecified atom stereocenters. The van der Waals surface area contributed by atoms with Crippen LogP contribution in [0.3, 0.4) is 0 Å². The van der Waals surface area contributed by atoms with Gasteiger partial charge in [0.1, 0.15) is 0 Å². The summed E-state index contributed by atoms with van der Waals surface area (Å²) in [5, 5.41) is 3.69. The summed E-state index contributed by atoms with van der Waals surface area (Å²) < 4.78 is 0.